The Morgan fingerprint density at radius 2 is 1.60 bits per heavy atom. The van der Waals surface area contributed by atoms with E-state index in [-0.39, 0.29) is 20.5 Å². The molecule has 0 saturated carbocycles. The van der Waals surface area contributed by atoms with Gasteiger partial charge in [-0.1, -0.05) is 47.5 Å². The average Bonchev–Trinajstić information content (AvgIpc) is 2.64. The van der Waals surface area contributed by atoms with Crippen molar-refractivity contribution in [2.75, 3.05) is 10.0 Å². The average molecular weight is 463 g/mol. The summed E-state index contributed by atoms with van der Waals surface area (Å²) in [6.07, 6.45) is 0. The van der Waals surface area contributed by atoms with Crippen molar-refractivity contribution in [1.29, 1.82) is 0 Å². The van der Waals surface area contributed by atoms with Crippen LogP contribution in [0.25, 0.3) is 0 Å². The number of aryl methyl sites for hydroxylation is 2. The van der Waals surface area contributed by atoms with Gasteiger partial charge in [0.05, 0.1) is 15.6 Å². The molecule has 8 heteroatoms. The Bertz CT molecular complexity index is 1240. The Kier molecular flexibility index (Phi) is 6.41. The Balaban J connectivity index is 1.97. The van der Waals surface area contributed by atoms with Crippen molar-refractivity contribution in [3.8, 4) is 0 Å². The summed E-state index contributed by atoms with van der Waals surface area (Å²) < 4.78 is 28.3. The maximum atomic E-state index is 12.9. The van der Waals surface area contributed by atoms with Crippen molar-refractivity contribution in [1.82, 2.24) is 0 Å². The van der Waals surface area contributed by atoms with Crippen molar-refractivity contribution in [3.05, 3.63) is 86.9 Å². The summed E-state index contributed by atoms with van der Waals surface area (Å²) in [6.45, 7) is 5.67. The van der Waals surface area contributed by atoms with E-state index in [0.29, 0.717) is 11.4 Å². The van der Waals surface area contributed by atoms with Crippen molar-refractivity contribution in [2.45, 2.75) is 25.7 Å². The fourth-order valence-corrected chi connectivity index (χ4v) is 4.81. The van der Waals surface area contributed by atoms with E-state index in [1.54, 1.807) is 24.3 Å². The van der Waals surface area contributed by atoms with Gasteiger partial charge in [-0.15, -0.1) is 0 Å². The van der Waals surface area contributed by atoms with E-state index in [0.717, 1.165) is 16.7 Å². The molecule has 30 heavy (non-hydrogen) atoms. The van der Waals surface area contributed by atoms with Gasteiger partial charge >= 0.3 is 0 Å². The second kappa shape index (κ2) is 8.68. The smallest absolute Gasteiger partial charge is 0.263 e. The molecule has 0 fully saturated rings. The monoisotopic (exact) mass is 462 g/mol. The van der Waals surface area contributed by atoms with Crippen molar-refractivity contribution >= 4 is 50.5 Å². The van der Waals surface area contributed by atoms with E-state index in [9.17, 15) is 13.2 Å². The zero-order valence-corrected chi connectivity index (χ0v) is 18.9. The van der Waals surface area contributed by atoms with Crippen LogP contribution in [0.4, 0.5) is 11.4 Å². The molecule has 0 aromatic heterocycles. The van der Waals surface area contributed by atoms with E-state index in [1.807, 2.05) is 39.0 Å². The Labute approximate surface area is 186 Å². The van der Waals surface area contributed by atoms with Crippen LogP contribution in [0.3, 0.4) is 0 Å². The van der Waals surface area contributed by atoms with Gasteiger partial charge in [-0.25, -0.2) is 8.42 Å². The van der Waals surface area contributed by atoms with Gasteiger partial charge in [-0.2, -0.15) is 0 Å². The van der Waals surface area contributed by atoms with Crippen LogP contribution in [0.2, 0.25) is 10.0 Å². The molecule has 0 bridgehead atoms. The first kappa shape index (κ1) is 22.2. The number of nitrogens with one attached hydrogen (secondary N) is 2. The van der Waals surface area contributed by atoms with Gasteiger partial charge in [0.15, 0.2) is 0 Å². The first-order valence-electron chi connectivity index (χ1n) is 9.04. The molecule has 0 aliphatic rings. The Hall–Kier alpha value is -2.54. The first-order valence-corrected chi connectivity index (χ1v) is 11.3. The van der Waals surface area contributed by atoms with Crippen molar-refractivity contribution in [2.24, 2.45) is 0 Å². The molecule has 1 amide bonds. The number of carbonyl (C=O) groups excluding carboxylic acids is 1. The van der Waals surface area contributed by atoms with E-state index in [4.69, 9.17) is 23.2 Å². The number of halogens is 2. The number of sulfonamides is 1. The lowest BCUT2D eigenvalue weighted by Crippen LogP contribution is -2.17. The minimum atomic E-state index is -4.04. The van der Waals surface area contributed by atoms with Gasteiger partial charge in [0.1, 0.15) is 4.90 Å². The summed E-state index contributed by atoms with van der Waals surface area (Å²) in [5.74, 6) is -0.530. The number of hydrogen-bond acceptors (Lipinski definition) is 3. The molecule has 3 rings (SSSR count). The molecule has 0 aliphatic carbocycles. The summed E-state index contributed by atoms with van der Waals surface area (Å²) >= 11 is 12.4. The molecule has 3 aromatic carbocycles. The highest BCUT2D eigenvalue weighted by molar-refractivity contribution is 7.92. The number of rotatable bonds is 5. The lowest BCUT2D eigenvalue weighted by molar-refractivity contribution is 0.102. The quantitative estimate of drug-likeness (QED) is 0.490. The number of hydrogen-bond donors (Lipinski definition) is 2. The molecule has 0 saturated heterocycles. The largest absolute Gasteiger partial charge is 0.322 e. The number of amides is 1. The summed E-state index contributed by atoms with van der Waals surface area (Å²) in [5.41, 5.74) is 3.83. The van der Waals surface area contributed by atoms with Gasteiger partial charge in [0, 0.05) is 11.4 Å². The lowest BCUT2D eigenvalue weighted by Gasteiger charge is -2.14. The van der Waals surface area contributed by atoms with Crippen LogP contribution in [0.5, 0.6) is 0 Å². The van der Waals surface area contributed by atoms with E-state index >= 15 is 0 Å². The van der Waals surface area contributed by atoms with Crippen molar-refractivity contribution < 1.29 is 13.2 Å². The molecule has 0 heterocycles. The second-order valence-corrected chi connectivity index (χ2v) is 9.40. The molecule has 0 spiro atoms. The van der Waals surface area contributed by atoms with Gasteiger partial charge in [0.25, 0.3) is 15.9 Å². The second-order valence-electron chi connectivity index (χ2n) is 6.94. The third-order valence-electron chi connectivity index (χ3n) is 4.68. The molecule has 3 aromatic rings. The highest BCUT2D eigenvalue weighted by atomic mass is 35.5. The van der Waals surface area contributed by atoms with Crippen LogP contribution in [-0.2, 0) is 10.0 Å². The molecular formula is C22H20Cl2N2O3S. The molecule has 156 valence electrons. The minimum absolute atomic E-state index is 0.00610. The van der Waals surface area contributed by atoms with Crippen LogP contribution in [0.1, 0.15) is 27.0 Å². The summed E-state index contributed by atoms with van der Waals surface area (Å²) in [7, 11) is -4.04. The summed E-state index contributed by atoms with van der Waals surface area (Å²) in [6, 6.07) is 14.9. The molecule has 0 radical (unpaired) electrons. The highest BCUT2D eigenvalue weighted by Crippen LogP contribution is 2.31. The van der Waals surface area contributed by atoms with Gasteiger partial charge in [-0.05, 0) is 67.8 Å². The topological polar surface area (TPSA) is 75.3 Å². The molecule has 5 nitrogen and oxygen atoms in total. The summed E-state index contributed by atoms with van der Waals surface area (Å²) in [4.78, 5) is 12.6. The Morgan fingerprint density at radius 1 is 0.900 bits per heavy atom. The molecular weight excluding hydrogens is 443 g/mol. The predicted octanol–water partition coefficient (Wildman–Crippen LogP) is 5.97. The van der Waals surface area contributed by atoms with Crippen LogP contribution in [-0.4, -0.2) is 14.3 Å². The molecule has 2 N–H and O–H groups in total. The van der Waals surface area contributed by atoms with E-state index in [2.05, 4.69) is 10.0 Å². The Morgan fingerprint density at radius 3 is 2.30 bits per heavy atom. The lowest BCUT2D eigenvalue weighted by atomic mass is 10.1. The van der Waals surface area contributed by atoms with E-state index < -0.39 is 15.9 Å². The zero-order chi connectivity index (χ0) is 22.1. The van der Waals surface area contributed by atoms with Crippen LogP contribution in [0, 0.1) is 20.8 Å². The molecule has 0 aliphatic heterocycles. The van der Waals surface area contributed by atoms with Crippen LogP contribution in [0.15, 0.2) is 59.5 Å². The zero-order valence-electron chi connectivity index (χ0n) is 16.6. The number of benzene rings is 3. The predicted molar refractivity (Wildman–Crippen MR) is 122 cm³/mol. The normalized spacial score (nSPS) is 11.2. The first-order chi connectivity index (χ1) is 14.1. The van der Waals surface area contributed by atoms with Crippen LogP contribution < -0.4 is 10.0 Å². The molecule has 0 unspecified atom stereocenters. The van der Waals surface area contributed by atoms with Gasteiger partial charge in [0.2, 0.25) is 0 Å². The van der Waals surface area contributed by atoms with Gasteiger partial charge in [-0.3, -0.25) is 9.52 Å². The van der Waals surface area contributed by atoms with Gasteiger partial charge < -0.3 is 5.32 Å². The van der Waals surface area contributed by atoms with Crippen molar-refractivity contribution in [3.63, 3.8) is 0 Å². The maximum absolute atomic E-state index is 12.9. The minimum Gasteiger partial charge on any atom is -0.322 e. The fraction of sp³-hybridized carbons (Fsp3) is 0.136. The third-order valence-corrected chi connectivity index (χ3v) is 6.84. The fourth-order valence-electron chi connectivity index (χ4n) is 2.90. The molecule has 0 atom stereocenters. The standard InChI is InChI=1S/C22H20Cl2N2O3S/c1-13-6-4-8-16(10-13)26-30(28,29)21-11-17(18(23)12-19(21)24)22(27)25-20-9-5-7-14(2)15(20)3/h4-12,26H,1-3H3,(H,25,27). The van der Waals surface area contributed by atoms with E-state index in [1.165, 1.54) is 12.1 Å². The SMILES string of the molecule is Cc1cccc(NS(=O)(=O)c2cc(C(=O)Nc3cccc(C)c3C)c(Cl)cc2Cl)c1. The number of carbonyl (C=O) groups is 1. The highest BCUT2D eigenvalue weighted by Gasteiger charge is 2.23. The third kappa shape index (κ3) is 4.78. The number of anilines is 2. The van der Waals surface area contributed by atoms with Crippen LogP contribution >= 0.6 is 23.2 Å². The summed E-state index contributed by atoms with van der Waals surface area (Å²) in [5, 5.41) is 2.75. The maximum Gasteiger partial charge on any atom is 0.263 e.